The number of rotatable bonds is 7. The highest BCUT2D eigenvalue weighted by Gasteiger charge is 2.49. The van der Waals surface area contributed by atoms with E-state index in [9.17, 15) is 55.9 Å². The van der Waals surface area contributed by atoms with E-state index < -0.39 is 98.4 Å². The van der Waals surface area contributed by atoms with Gasteiger partial charge < -0.3 is 74.7 Å². The molecule has 10 N–H and O–H groups in total. The lowest BCUT2D eigenvalue weighted by atomic mass is 9.92. The fourth-order valence-electron chi connectivity index (χ4n) is 5.13. The van der Waals surface area contributed by atoms with Gasteiger partial charge in [0.2, 0.25) is 12.1 Å². The normalized spacial score (nSPS) is 37.8. The average molecular weight is 613 g/mol. The molecule has 0 aromatic heterocycles. The first-order valence-corrected chi connectivity index (χ1v) is 13.2. The first-order chi connectivity index (χ1) is 20.4. The van der Waals surface area contributed by atoms with Crippen LogP contribution in [-0.2, 0) is 14.2 Å². The molecule has 16 nitrogen and oxygen atoms in total. The summed E-state index contributed by atoms with van der Waals surface area (Å²) in [5, 5.41) is 101. The van der Waals surface area contributed by atoms with Crippen molar-refractivity contribution in [1.82, 2.24) is 0 Å². The Hall–Kier alpha value is -3.13. The second kappa shape index (κ2) is 12.5. The molecule has 0 amide bonds. The van der Waals surface area contributed by atoms with E-state index in [0.29, 0.717) is 0 Å². The monoisotopic (exact) mass is 612 g/mol. The van der Waals surface area contributed by atoms with Gasteiger partial charge in [-0.3, -0.25) is 4.79 Å². The molecular weight excluding hydrogens is 580 g/mol. The van der Waals surface area contributed by atoms with Crippen molar-refractivity contribution in [2.45, 2.75) is 73.6 Å². The molecule has 2 fully saturated rings. The smallest absolute Gasteiger partial charge is 0.229 e. The number of hydrogen-bond acceptors (Lipinski definition) is 16. The summed E-state index contributed by atoms with van der Waals surface area (Å²) >= 11 is 0. The molecule has 3 heterocycles. The highest BCUT2D eigenvalue weighted by atomic mass is 16.7. The van der Waals surface area contributed by atoms with Crippen LogP contribution in [-0.4, -0.2) is 138 Å². The van der Waals surface area contributed by atoms with Crippen LogP contribution in [0.25, 0.3) is 0 Å². The van der Waals surface area contributed by atoms with Crippen molar-refractivity contribution in [2.24, 2.45) is 0 Å². The average Bonchev–Trinajstić information content (AvgIpc) is 2.98. The molecule has 0 saturated carbocycles. The molecule has 16 heteroatoms. The number of ketones is 1. The van der Waals surface area contributed by atoms with Gasteiger partial charge in [-0.1, -0.05) is 12.1 Å². The number of aromatic hydroxyl groups is 2. The number of carbonyl (C=O) groups is 1. The van der Waals surface area contributed by atoms with Crippen LogP contribution in [0, 0.1) is 0 Å². The number of phenolic OH excluding ortho intramolecular Hbond substituents is 2. The summed E-state index contributed by atoms with van der Waals surface area (Å²) in [6, 6.07) is 7.59. The predicted molar refractivity (Wildman–Crippen MR) is 137 cm³/mol. The molecule has 5 rings (SSSR count). The van der Waals surface area contributed by atoms with Gasteiger partial charge in [0.25, 0.3) is 0 Å². The van der Waals surface area contributed by atoms with Crippen molar-refractivity contribution >= 4 is 5.78 Å². The maximum atomic E-state index is 13.8. The van der Waals surface area contributed by atoms with E-state index in [4.69, 9.17) is 23.7 Å². The molecule has 236 valence electrons. The zero-order chi connectivity index (χ0) is 31.2. The van der Waals surface area contributed by atoms with Gasteiger partial charge in [-0.2, -0.15) is 0 Å². The maximum absolute atomic E-state index is 13.8. The molecule has 43 heavy (non-hydrogen) atoms. The van der Waals surface area contributed by atoms with Gasteiger partial charge in [-0.05, 0) is 17.7 Å². The largest absolute Gasteiger partial charge is 0.508 e. The Bertz CT molecular complexity index is 1280. The molecule has 12 unspecified atom stereocenters. The second-order valence-electron chi connectivity index (χ2n) is 10.4. The fourth-order valence-corrected chi connectivity index (χ4v) is 5.13. The van der Waals surface area contributed by atoms with Crippen molar-refractivity contribution in [3.8, 4) is 23.0 Å². The maximum Gasteiger partial charge on any atom is 0.229 e. The van der Waals surface area contributed by atoms with E-state index in [1.807, 2.05) is 0 Å². The van der Waals surface area contributed by atoms with Crippen molar-refractivity contribution in [1.29, 1.82) is 0 Å². The fraction of sp³-hybridized carbons (Fsp3) is 0.519. The highest BCUT2D eigenvalue weighted by Crippen LogP contribution is 2.44. The third-order valence-corrected chi connectivity index (χ3v) is 7.54. The van der Waals surface area contributed by atoms with Gasteiger partial charge in [0.15, 0.2) is 18.5 Å². The Labute approximate surface area is 243 Å². The minimum atomic E-state index is -1.85. The van der Waals surface area contributed by atoms with Gasteiger partial charge in [-0.15, -0.1) is 0 Å². The standard InChI is InChI=1S/C27H32O16/c28-7-14-17(32)20(35)22(37)26(41-14)39-11-5-12(31)16-13(6-11)40-24(9-1-3-10(30)4-2-9)25(19(16)34)43-27-23(38)21(36)18(33)15(8-29)42-27/h1-6,14-15,17-18,20-33,35-38H,7-8H2. The topological polar surface area (TPSA) is 266 Å². The Morgan fingerprint density at radius 2 is 1.28 bits per heavy atom. The number of Topliss-reactive ketones (excluding diaryl/α,β-unsaturated/α-hetero) is 1. The highest BCUT2D eigenvalue weighted by molar-refractivity contribution is 6.05. The summed E-state index contributed by atoms with van der Waals surface area (Å²) < 4.78 is 28.1. The van der Waals surface area contributed by atoms with Crippen LogP contribution in [0.1, 0.15) is 22.0 Å². The lowest BCUT2D eigenvalue weighted by molar-refractivity contribution is -0.311. The molecule has 0 aliphatic carbocycles. The number of phenols is 2. The number of aliphatic hydroxyl groups excluding tert-OH is 8. The Kier molecular flexibility index (Phi) is 9.07. The number of fused-ring (bicyclic) bond motifs is 1. The third-order valence-electron chi connectivity index (χ3n) is 7.54. The summed E-state index contributed by atoms with van der Waals surface area (Å²) in [4.78, 5) is 13.8. The molecule has 2 saturated heterocycles. The SMILES string of the molecule is O=C1c2c(O)cc(OC3OC(CO)C(O)C(O)C3O)cc2OC(c2ccc(O)cc2)C1OC1OC(CO)C(O)C(O)C1O. The second-order valence-corrected chi connectivity index (χ2v) is 10.4. The lowest BCUT2D eigenvalue weighted by Gasteiger charge is -2.42. The summed E-state index contributed by atoms with van der Waals surface area (Å²) in [6.45, 7) is -1.45. The zero-order valence-corrected chi connectivity index (χ0v) is 22.2. The Morgan fingerprint density at radius 1 is 0.721 bits per heavy atom. The van der Waals surface area contributed by atoms with Crippen molar-refractivity contribution in [2.75, 3.05) is 13.2 Å². The molecule has 0 radical (unpaired) electrons. The predicted octanol–water partition coefficient (Wildman–Crippen LogP) is -3.22. The molecule has 2 aromatic carbocycles. The quantitative estimate of drug-likeness (QED) is 0.147. The van der Waals surface area contributed by atoms with Crippen LogP contribution in [0.3, 0.4) is 0 Å². The van der Waals surface area contributed by atoms with Crippen LogP contribution in [0.2, 0.25) is 0 Å². The summed E-state index contributed by atoms with van der Waals surface area (Å²) in [6.07, 6.45) is -19.4. The molecular formula is C27H32O16. The number of ether oxygens (including phenoxy) is 5. The number of benzene rings is 2. The van der Waals surface area contributed by atoms with E-state index in [2.05, 4.69) is 0 Å². The number of carbonyl (C=O) groups excluding carboxylic acids is 1. The van der Waals surface area contributed by atoms with Crippen LogP contribution in [0.15, 0.2) is 36.4 Å². The van der Waals surface area contributed by atoms with Crippen molar-refractivity contribution < 1.29 is 79.5 Å². The summed E-state index contributed by atoms with van der Waals surface area (Å²) in [5.74, 6) is -2.07. The molecule has 12 atom stereocenters. The van der Waals surface area contributed by atoms with Crippen LogP contribution in [0.5, 0.6) is 23.0 Å². The Balaban J connectivity index is 1.47. The molecule has 3 aliphatic heterocycles. The van der Waals surface area contributed by atoms with E-state index >= 15 is 0 Å². The van der Waals surface area contributed by atoms with E-state index in [0.717, 1.165) is 6.07 Å². The van der Waals surface area contributed by atoms with E-state index in [1.165, 1.54) is 30.3 Å². The third kappa shape index (κ3) is 5.87. The minimum Gasteiger partial charge on any atom is -0.508 e. The summed E-state index contributed by atoms with van der Waals surface area (Å²) in [5.41, 5.74) is -0.100. The van der Waals surface area contributed by atoms with Gasteiger partial charge in [0, 0.05) is 12.1 Å². The van der Waals surface area contributed by atoms with Crippen LogP contribution in [0.4, 0.5) is 0 Å². The zero-order valence-electron chi connectivity index (χ0n) is 22.2. The molecule has 3 aliphatic rings. The molecule has 2 aromatic rings. The Morgan fingerprint density at radius 3 is 1.86 bits per heavy atom. The van der Waals surface area contributed by atoms with Crippen molar-refractivity contribution in [3.05, 3.63) is 47.5 Å². The van der Waals surface area contributed by atoms with Gasteiger partial charge in [0.1, 0.15) is 77.4 Å². The first kappa shape index (κ1) is 31.3. The van der Waals surface area contributed by atoms with Crippen molar-refractivity contribution in [3.63, 3.8) is 0 Å². The number of hydrogen-bond donors (Lipinski definition) is 10. The molecule has 0 bridgehead atoms. The van der Waals surface area contributed by atoms with Gasteiger partial charge in [0.05, 0.1) is 13.2 Å². The van der Waals surface area contributed by atoms with Crippen LogP contribution >= 0.6 is 0 Å². The summed E-state index contributed by atoms with van der Waals surface area (Å²) in [7, 11) is 0. The first-order valence-electron chi connectivity index (χ1n) is 13.2. The minimum absolute atomic E-state index is 0.106. The number of aliphatic hydroxyl groups is 8. The van der Waals surface area contributed by atoms with E-state index in [-0.39, 0.29) is 28.4 Å². The lowest BCUT2D eigenvalue weighted by Crippen LogP contribution is -2.60. The van der Waals surface area contributed by atoms with Gasteiger partial charge >= 0.3 is 0 Å². The van der Waals surface area contributed by atoms with Crippen LogP contribution < -0.4 is 9.47 Å². The molecule has 0 spiro atoms. The van der Waals surface area contributed by atoms with E-state index in [1.54, 1.807) is 0 Å². The van der Waals surface area contributed by atoms with Gasteiger partial charge in [-0.25, -0.2) is 0 Å².